The molecule has 0 unspecified atom stereocenters. The van der Waals surface area contributed by atoms with Crippen LogP contribution in [0.3, 0.4) is 0 Å². The van der Waals surface area contributed by atoms with E-state index < -0.39 is 6.36 Å². The van der Waals surface area contributed by atoms with Crippen LogP contribution in [-0.4, -0.2) is 42.9 Å². The second-order valence-electron chi connectivity index (χ2n) is 7.84. The predicted octanol–water partition coefficient (Wildman–Crippen LogP) is 4.68. The van der Waals surface area contributed by atoms with Crippen molar-refractivity contribution in [3.05, 3.63) is 54.0 Å². The average molecular weight is 474 g/mol. The number of pyridine rings is 1. The molecule has 4 aromatic rings. The van der Waals surface area contributed by atoms with Crippen LogP contribution in [0.5, 0.6) is 11.6 Å². The van der Waals surface area contributed by atoms with Crippen molar-refractivity contribution >= 4 is 0 Å². The predicted molar refractivity (Wildman–Crippen MR) is 114 cm³/mol. The van der Waals surface area contributed by atoms with Crippen LogP contribution in [0.2, 0.25) is 0 Å². The summed E-state index contributed by atoms with van der Waals surface area (Å²) < 4.78 is 53.5. The smallest absolute Gasteiger partial charge is 0.477 e. The van der Waals surface area contributed by atoms with Crippen LogP contribution in [0, 0.1) is 12.8 Å². The molecule has 0 aliphatic heterocycles. The largest absolute Gasteiger partial charge is 0.573 e. The van der Waals surface area contributed by atoms with E-state index in [9.17, 15) is 13.2 Å². The van der Waals surface area contributed by atoms with Crippen LogP contribution in [-0.2, 0) is 6.54 Å². The molecule has 0 saturated carbocycles. The van der Waals surface area contributed by atoms with Crippen LogP contribution in [0.15, 0.2) is 47.1 Å². The molecule has 0 saturated heterocycles. The van der Waals surface area contributed by atoms with E-state index in [0.717, 1.165) is 5.56 Å². The van der Waals surface area contributed by atoms with Crippen molar-refractivity contribution in [3.8, 4) is 34.7 Å². The highest BCUT2D eigenvalue weighted by Gasteiger charge is 2.31. The number of hydrogen-bond acceptors (Lipinski definition) is 8. The fourth-order valence-electron chi connectivity index (χ4n) is 2.95. The zero-order valence-electron chi connectivity index (χ0n) is 18.6. The summed E-state index contributed by atoms with van der Waals surface area (Å²) in [6.45, 7) is 6.92. The fraction of sp³-hybridized carbons (Fsp3) is 0.318. The van der Waals surface area contributed by atoms with Gasteiger partial charge in [0.15, 0.2) is 0 Å². The van der Waals surface area contributed by atoms with Crippen LogP contribution in [0.1, 0.15) is 25.2 Å². The van der Waals surface area contributed by atoms with Gasteiger partial charge in [0.1, 0.15) is 11.6 Å². The van der Waals surface area contributed by atoms with E-state index in [-0.39, 0.29) is 23.3 Å². The Morgan fingerprint density at radius 1 is 1.06 bits per heavy atom. The Morgan fingerprint density at radius 3 is 2.53 bits per heavy atom. The molecule has 1 aromatic carbocycles. The SMILES string of the molecule is Cc1nc(-c2nc(-c3ccc(OC(F)(F)F)cc3)no2)nn1Cc1ccnc(OCC(C)C)c1. The summed E-state index contributed by atoms with van der Waals surface area (Å²) in [6.07, 6.45) is -3.09. The Labute approximate surface area is 192 Å². The van der Waals surface area contributed by atoms with E-state index in [4.69, 9.17) is 9.26 Å². The summed E-state index contributed by atoms with van der Waals surface area (Å²) in [6, 6.07) is 8.85. The zero-order valence-corrected chi connectivity index (χ0v) is 18.6. The molecule has 0 atom stereocenters. The van der Waals surface area contributed by atoms with E-state index in [1.165, 1.54) is 24.3 Å². The minimum Gasteiger partial charge on any atom is -0.477 e. The van der Waals surface area contributed by atoms with Crippen LogP contribution in [0.25, 0.3) is 23.1 Å². The summed E-state index contributed by atoms with van der Waals surface area (Å²) in [7, 11) is 0. The lowest BCUT2D eigenvalue weighted by Gasteiger charge is -2.09. The molecule has 0 aliphatic rings. The molecule has 0 N–H and O–H groups in total. The van der Waals surface area contributed by atoms with Gasteiger partial charge in [0.25, 0.3) is 5.89 Å². The van der Waals surface area contributed by atoms with Gasteiger partial charge in [0.05, 0.1) is 13.2 Å². The summed E-state index contributed by atoms with van der Waals surface area (Å²) in [4.78, 5) is 12.9. The highest BCUT2D eigenvalue weighted by molar-refractivity contribution is 5.57. The van der Waals surface area contributed by atoms with Crippen molar-refractivity contribution in [2.24, 2.45) is 5.92 Å². The van der Waals surface area contributed by atoms with Crippen LogP contribution >= 0.6 is 0 Å². The first kappa shape index (κ1) is 23.2. The Hall–Kier alpha value is -3.96. The van der Waals surface area contributed by atoms with Crippen molar-refractivity contribution in [2.45, 2.75) is 33.7 Å². The summed E-state index contributed by atoms with van der Waals surface area (Å²) in [5.41, 5.74) is 1.38. The van der Waals surface area contributed by atoms with E-state index in [1.807, 2.05) is 12.1 Å². The first-order valence-electron chi connectivity index (χ1n) is 10.4. The van der Waals surface area contributed by atoms with Crippen molar-refractivity contribution in [3.63, 3.8) is 0 Å². The molecule has 34 heavy (non-hydrogen) atoms. The molecular formula is C22H21F3N6O3. The maximum absolute atomic E-state index is 12.3. The molecule has 0 radical (unpaired) electrons. The fourth-order valence-corrected chi connectivity index (χ4v) is 2.95. The van der Waals surface area contributed by atoms with Gasteiger partial charge < -0.3 is 14.0 Å². The van der Waals surface area contributed by atoms with Gasteiger partial charge in [-0.1, -0.05) is 19.0 Å². The molecule has 3 aromatic heterocycles. The number of benzene rings is 1. The summed E-state index contributed by atoms with van der Waals surface area (Å²) in [5, 5.41) is 8.32. The van der Waals surface area contributed by atoms with Crippen molar-refractivity contribution in [2.75, 3.05) is 6.61 Å². The van der Waals surface area contributed by atoms with E-state index >= 15 is 0 Å². The third-order valence-corrected chi connectivity index (χ3v) is 4.52. The number of ether oxygens (including phenoxy) is 2. The lowest BCUT2D eigenvalue weighted by atomic mass is 10.2. The van der Waals surface area contributed by atoms with Gasteiger partial charge in [-0.2, -0.15) is 4.98 Å². The molecule has 178 valence electrons. The van der Waals surface area contributed by atoms with Gasteiger partial charge >= 0.3 is 6.36 Å². The molecule has 0 fully saturated rings. The summed E-state index contributed by atoms with van der Waals surface area (Å²) in [5.74, 6) is 1.72. The van der Waals surface area contributed by atoms with E-state index in [1.54, 1.807) is 17.8 Å². The second kappa shape index (κ2) is 9.49. The van der Waals surface area contributed by atoms with E-state index in [2.05, 4.69) is 43.8 Å². The third-order valence-electron chi connectivity index (χ3n) is 4.52. The monoisotopic (exact) mass is 474 g/mol. The van der Waals surface area contributed by atoms with Crippen molar-refractivity contribution in [1.82, 2.24) is 29.9 Å². The van der Waals surface area contributed by atoms with Gasteiger partial charge in [-0.3, -0.25) is 0 Å². The number of aryl methyl sites for hydroxylation is 1. The number of alkyl halides is 3. The van der Waals surface area contributed by atoms with Crippen molar-refractivity contribution in [1.29, 1.82) is 0 Å². The third kappa shape index (κ3) is 5.88. The number of rotatable bonds is 8. The molecule has 12 heteroatoms. The van der Waals surface area contributed by atoms with E-state index in [0.29, 0.717) is 36.3 Å². The average Bonchev–Trinajstić information content (AvgIpc) is 3.39. The highest BCUT2D eigenvalue weighted by atomic mass is 19.4. The van der Waals surface area contributed by atoms with Crippen molar-refractivity contribution < 1.29 is 27.2 Å². The minimum absolute atomic E-state index is 0.0863. The number of nitrogens with zero attached hydrogens (tertiary/aromatic N) is 6. The quantitative estimate of drug-likeness (QED) is 0.363. The molecule has 0 aliphatic carbocycles. The number of hydrogen-bond donors (Lipinski definition) is 0. The first-order chi connectivity index (χ1) is 16.2. The molecule has 0 amide bonds. The topological polar surface area (TPSA) is 101 Å². The Morgan fingerprint density at radius 2 is 1.82 bits per heavy atom. The minimum atomic E-state index is -4.76. The number of halogens is 3. The Kier molecular flexibility index (Phi) is 6.48. The molecule has 3 heterocycles. The summed E-state index contributed by atoms with van der Waals surface area (Å²) >= 11 is 0. The standard InChI is InChI=1S/C22H21F3N6O3/c1-13(2)12-32-18-10-15(8-9-26-18)11-31-14(3)27-20(29-31)21-28-19(30-34-21)16-4-6-17(7-5-16)33-22(23,24)25/h4-10,13H,11-12H2,1-3H3. The number of aromatic nitrogens is 6. The maximum Gasteiger partial charge on any atom is 0.573 e. The van der Waals surface area contributed by atoms with Gasteiger partial charge in [0.2, 0.25) is 17.5 Å². The lowest BCUT2D eigenvalue weighted by molar-refractivity contribution is -0.274. The highest BCUT2D eigenvalue weighted by Crippen LogP contribution is 2.26. The maximum atomic E-state index is 12.3. The Bertz CT molecular complexity index is 1250. The zero-order chi connectivity index (χ0) is 24.3. The Balaban J connectivity index is 1.47. The molecule has 0 spiro atoms. The van der Waals surface area contributed by atoms with Crippen LogP contribution < -0.4 is 9.47 Å². The van der Waals surface area contributed by atoms with Gasteiger partial charge in [-0.25, -0.2) is 14.6 Å². The molecule has 9 nitrogen and oxygen atoms in total. The molecule has 0 bridgehead atoms. The molecular weight excluding hydrogens is 453 g/mol. The molecule has 4 rings (SSSR count). The van der Waals surface area contributed by atoms with Crippen LogP contribution in [0.4, 0.5) is 13.2 Å². The van der Waals surface area contributed by atoms with Gasteiger partial charge in [0, 0.05) is 17.8 Å². The first-order valence-corrected chi connectivity index (χ1v) is 10.4. The lowest BCUT2D eigenvalue weighted by Crippen LogP contribution is -2.16. The normalized spacial score (nSPS) is 11.7. The second-order valence-corrected chi connectivity index (χ2v) is 7.84. The van der Waals surface area contributed by atoms with Gasteiger partial charge in [-0.05, 0) is 48.7 Å². The van der Waals surface area contributed by atoms with Gasteiger partial charge in [-0.15, -0.1) is 18.3 Å².